The predicted octanol–water partition coefficient (Wildman–Crippen LogP) is 5.82. The number of aliphatic hydroxyl groups is 1. The first-order chi connectivity index (χ1) is 16.3. The molecule has 1 aliphatic carbocycles. The van der Waals surface area contributed by atoms with Crippen LogP contribution >= 0.6 is 0 Å². The van der Waals surface area contributed by atoms with Gasteiger partial charge in [-0.25, -0.2) is 0 Å². The zero-order valence-corrected chi connectivity index (χ0v) is 20.5. The third kappa shape index (κ3) is 5.00. The van der Waals surface area contributed by atoms with E-state index >= 15 is 0 Å². The number of amides is 1. The van der Waals surface area contributed by atoms with Gasteiger partial charge in [0, 0.05) is 18.5 Å². The number of hydrogen-bond acceptors (Lipinski definition) is 4. The van der Waals surface area contributed by atoms with E-state index in [4.69, 9.17) is 4.74 Å². The summed E-state index contributed by atoms with van der Waals surface area (Å²) in [5, 5.41) is 21.7. The molecule has 1 amide bonds. The smallest absolute Gasteiger partial charge is 0.247 e. The molecule has 34 heavy (non-hydrogen) atoms. The van der Waals surface area contributed by atoms with Gasteiger partial charge < -0.3 is 19.8 Å². The van der Waals surface area contributed by atoms with Crippen LogP contribution in [0.5, 0.6) is 11.5 Å². The third-order valence-corrected chi connectivity index (χ3v) is 7.50. The van der Waals surface area contributed by atoms with Crippen LogP contribution in [0.3, 0.4) is 0 Å². The Kier molecular flexibility index (Phi) is 7.32. The summed E-state index contributed by atoms with van der Waals surface area (Å²) in [7, 11) is 0. The Balaban J connectivity index is 1.64. The second-order valence-electron chi connectivity index (χ2n) is 10.00. The van der Waals surface area contributed by atoms with Gasteiger partial charge in [-0.15, -0.1) is 0 Å². The number of rotatable bonds is 6. The Morgan fingerprint density at radius 3 is 2.65 bits per heavy atom. The zero-order valence-electron chi connectivity index (χ0n) is 20.5. The summed E-state index contributed by atoms with van der Waals surface area (Å²) < 4.78 is 5.63. The highest BCUT2D eigenvalue weighted by Crippen LogP contribution is 2.50. The fourth-order valence-corrected chi connectivity index (χ4v) is 5.58. The van der Waals surface area contributed by atoms with E-state index in [0.29, 0.717) is 31.2 Å². The summed E-state index contributed by atoms with van der Waals surface area (Å²) in [5.74, 6) is 0.865. The van der Waals surface area contributed by atoms with E-state index in [1.165, 1.54) is 5.56 Å². The lowest BCUT2D eigenvalue weighted by atomic mass is 9.66. The van der Waals surface area contributed by atoms with Gasteiger partial charge in [0.05, 0.1) is 18.2 Å². The van der Waals surface area contributed by atoms with E-state index in [1.54, 1.807) is 12.1 Å². The zero-order chi connectivity index (χ0) is 24.3. The van der Waals surface area contributed by atoms with Crippen LogP contribution in [0.15, 0.2) is 48.5 Å². The molecule has 182 valence electrons. The molecule has 0 bridgehead atoms. The Hall–Kier alpha value is -2.79. The van der Waals surface area contributed by atoms with Gasteiger partial charge in [-0.1, -0.05) is 57.0 Å². The number of phenols is 1. The molecule has 0 spiro atoms. The number of benzene rings is 2. The van der Waals surface area contributed by atoms with Gasteiger partial charge in [-0.2, -0.15) is 0 Å². The molecule has 1 saturated heterocycles. The largest absolute Gasteiger partial charge is 0.504 e. The van der Waals surface area contributed by atoms with Gasteiger partial charge >= 0.3 is 0 Å². The van der Waals surface area contributed by atoms with Crippen LogP contribution < -0.4 is 4.74 Å². The fraction of sp³-hybridized carbons (Fsp3) is 0.483. The van der Waals surface area contributed by atoms with Crippen molar-refractivity contribution >= 4 is 12.0 Å². The molecule has 1 aliphatic heterocycles. The number of aromatic hydroxyl groups is 1. The minimum absolute atomic E-state index is 0.0447. The molecule has 1 saturated carbocycles. The van der Waals surface area contributed by atoms with Gasteiger partial charge in [-0.05, 0) is 67.0 Å². The van der Waals surface area contributed by atoms with E-state index in [0.717, 1.165) is 36.8 Å². The van der Waals surface area contributed by atoms with Crippen molar-refractivity contribution in [3.8, 4) is 11.5 Å². The molecule has 5 nitrogen and oxygen atoms in total. The van der Waals surface area contributed by atoms with E-state index in [-0.39, 0.29) is 23.6 Å². The van der Waals surface area contributed by atoms with Crippen molar-refractivity contribution < 1.29 is 19.7 Å². The molecule has 2 N–H and O–H groups in total. The quantitative estimate of drug-likeness (QED) is 0.530. The second-order valence-corrected chi connectivity index (χ2v) is 10.00. The molecule has 2 aromatic rings. The molecule has 1 heterocycles. The van der Waals surface area contributed by atoms with Crippen molar-refractivity contribution in [2.45, 2.75) is 70.4 Å². The minimum atomic E-state index is -0.764. The number of phenolic OH excluding ortho intramolecular Hbond substituents is 1. The molecular weight excluding hydrogens is 426 g/mol. The van der Waals surface area contributed by atoms with Crippen molar-refractivity contribution in [1.29, 1.82) is 0 Å². The normalized spacial score (nSPS) is 24.9. The molecular formula is C29H37NO4. The van der Waals surface area contributed by atoms with E-state index < -0.39 is 5.60 Å². The predicted molar refractivity (Wildman–Crippen MR) is 135 cm³/mol. The molecule has 5 heteroatoms. The Morgan fingerprint density at radius 1 is 1.18 bits per heavy atom. The molecule has 0 radical (unpaired) electrons. The van der Waals surface area contributed by atoms with Crippen molar-refractivity contribution in [2.24, 2.45) is 5.92 Å². The fourth-order valence-electron chi connectivity index (χ4n) is 5.58. The number of piperidine rings is 1. The van der Waals surface area contributed by atoms with Crippen molar-refractivity contribution in [3.05, 3.63) is 65.2 Å². The molecule has 3 unspecified atom stereocenters. The molecule has 0 aromatic heterocycles. The highest BCUT2D eigenvalue weighted by atomic mass is 16.5. The van der Waals surface area contributed by atoms with E-state index in [1.807, 2.05) is 42.2 Å². The second kappa shape index (κ2) is 10.2. The summed E-state index contributed by atoms with van der Waals surface area (Å²) in [6.45, 7) is 7.14. The number of nitrogens with zero attached hydrogens (tertiary/aromatic N) is 1. The van der Waals surface area contributed by atoms with Gasteiger partial charge in [0.2, 0.25) is 5.91 Å². The molecule has 4 rings (SSSR count). The standard InChI is InChI=1S/C29H37NO4/c1-4-34-26-19-23(13-14-25(26)31)28-24-7-5-6-16-29(24,33)17-18-30(28)27(32)15-10-21-8-11-22(12-9-21)20(2)3/h8-15,19-20,24,28,31,33H,4-7,16-18H2,1-3H3/b15-10+. The minimum Gasteiger partial charge on any atom is -0.504 e. The number of ether oxygens (including phenoxy) is 1. The summed E-state index contributed by atoms with van der Waals surface area (Å²) in [6.07, 6.45) is 7.80. The van der Waals surface area contributed by atoms with Crippen LogP contribution in [-0.4, -0.2) is 39.8 Å². The monoisotopic (exact) mass is 463 g/mol. The first-order valence-corrected chi connectivity index (χ1v) is 12.6. The lowest BCUT2D eigenvalue weighted by molar-refractivity contribution is -0.150. The van der Waals surface area contributed by atoms with Crippen LogP contribution in [0.25, 0.3) is 6.08 Å². The summed E-state index contributed by atoms with van der Waals surface area (Å²) >= 11 is 0. The Morgan fingerprint density at radius 2 is 1.94 bits per heavy atom. The number of hydrogen-bond donors (Lipinski definition) is 2. The lowest BCUT2D eigenvalue weighted by Gasteiger charge is -2.52. The first kappa shape index (κ1) is 24.3. The average Bonchev–Trinajstić information content (AvgIpc) is 2.83. The molecule has 3 atom stereocenters. The molecule has 2 aliphatic rings. The topological polar surface area (TPSA) is 70.0 Å². The van der Waals surface area contributed by atoms with E-state index in [9.17, 15) is 15.0 Å². The maximum Gasteiger partial charge on any atom is 0.247 e. The van der Waals surface area contributed by atoms with Crippen LogP contribution in [-0.2, 0) is 4.79 Å². The maximum absolute atomic E-state index is 13.5. The highest BCUT2D eigenvalue weighted by Gasteiger charge is 2.50. The molecule has 2 aromatic carbocycles. The number of carbonyl (C=O) groups is 1. The highest BCUT2D eigenvalue weighted by molar-refractivity contribution is 5.92. The van der Waals surface area contributed by atoms with Crippen LogP contribution in [0.1, 0.15) is 81.5 Å². The summed E-state index contributed by atoms with van der Waals surface area (Å²) in [6, 6.07) is 13.3. The SMILES string of the molecule is CCOc1cc(C2C3CCCCC3(O)CCN2C(=O)/C=C/c2ccc(C(C)C)cc2)ccc1O. The number of fused-ring (bicyclic) bond motifs is 1. The van der Waals surface area contributed by atoms with Gasteiger partial charge in [0.15, 0.2) is 11.5 Å². The van der Waals surface area contributed by atoms with Gasteiger partial charge in [-0.3, -0.25) is 4.79 Å². The van der Waals surface area contributed by atoms with Crippen molar-refractivity contribution in [1.82, 2.24) is 4.90 Å². The van der Waals surface area contributed by atoms with Gasteiger partial charge in [0.1, 0.15) is 0 Å². The Bertz CT molecular complexity index is 1030. The van der Waals surface area contributed by atoms with E-state index in [2.05, 4.69) is 26.0 Å². The maximum atomic E-state index is 13.5. The average molecular weight is 464 g/mol. The number of carbonyl (C=O) groups excluding carboxylic acids is 1. The number of likely N-dealkylation sites (tertiary alicyclic amines) is 1. The first-order valence-electron chi connectivity index (χ1n) is 12.6. The molecule has 2 fully saturated rings. The van der Waals surface area contributed by atoms with Crippen molar-refractivity contribution in [3.63, 3.8) is 0 Å². The summed E-state index contributed by atoms with van der Waals surface area (Å²) in [5.41, 5.74) is 2.39. The van der Waals surface area contributed by atoms with Gasteiger partial charge in [0.25, 0.3) is 0 Å². The Labute approximate surface area is 203 Å². The third-order valence-electron chi connectivity index (χ3n) is 7.50. The van der Waals surface area contributed by atoms with Crippen molar-refractivity contribution in [2.75, 3.05) is 13.2 Å². The van der Waals surface area contributed by atoms with Crippen LogP contribution in [0.2, 0.25) is 0 Å². The van der Waals surface area contributed by atoms with Crippen LogP contribution in [0, 0.1) is 5.92 Å². The summed E-state index contributed by atoms with van der Waals surface area (Å²) in [4.78, 5) is 15.4. The van der Waals surface area contributed by atoms with Crippen LogP contribution in [0.4, 0.5) is 0 Å². The lowest BCUT2D eigenvalue weighted by Crippen LogP contribution is -2.56.